The molecule has 32 heavy (non-hydrogen) atoms. The van der Waals surface area contributed by atoms with E-state index in [1.54, 1.807) is 6.92 Å². The Balaban J connectivity index is 1.58. The van der Waals surface area contributed by atoms with Crippen molar-refractivity contribution in [3.8, 4) is 11.1 Å². The first-order chi connectivity index (χ1) is 15.3. The van der Waals surface area contributed by atoms with E-state index in [0.717, 1.165) is 22.3 Å². The highest BCUT2D eigenvalue weighted by Gasteiger charge is 2.29. The number of rotatable bonds is 9. The molecule has 2 amide bonds. The largest absolute Gasteiger partial charge is 0.481 e. The minimum absolute atomic E-state index is 0.00369. The Hall–Kier alpha value is -3.35. The number of fused-ring (bicyclic) bond motifs is 3. The van der Waals surface area contributed by atoms with Crippen molar-refractivity contribution >= 4 is 18.0 Å². The van der Waals surface area contributed by atoms with Crippen LogP contribution in [0.15, 0.2) is 48.5 Å². The van der Waals surface area contributed by atoms with Gasteiger partial charge in [-0.15, -0.1) is 0 Å². The summed E-state index contributed by atoms with van der Waals surface area (Å²) in [5.41, 5.74) is 4.58. The Labute approximate surface area is 188 Å². The summed E-state index contributed by atoms with van der Waals surface area (Å²) in [6.07, 6.45) is -0.680. The molecule has 0 aromatic heterocycles. The number of carbonyl (C=O) groups is 3. The van der Waals surface area contributed by atoms with Gasteiger partial charge in [0, 0.05) is 24.4 Å². The Bertz CT molecular complexity index is 942. The van der Waals surface area contributed by atoms with Crippen LogP contribution in [-0.4, -0.2) is 41.8 Å². The fourth-order valence-electron chi connectivity index (χ4n) is 4.09. The van der Waals surface area contributed by atoms with Crippen molar-refractivity contribution in [1.82, 2.24) is 10.6 Å². The molecule has 2 aromatic rings. The van der Waals surface area contributed by atoms with Crippen LogP contribution in [0.4, 0.5) is 4.79 Å². The zero-order valence-electron chi connectivity index (χ0n) is 18.6. The van der Waals surface area contributed by atoms with Crippen molar-refractivity contribution in [2.45, 2.75) is 51.6 Å². The summed E-state index contributed by atoms with van der Waals surface area (Å²) in [5.74, 6) is -1.33. The third kappa shape index (κ3) is 5.66. The summed E-state index contributed by atoms with van der Waals surface area (Å²) in [6.45, 7) is 5.65. The highest BCUT2D eigenvalue weighted by atomic mass is 16.5. The average molecular weight is 439 g/mol. The van der Waals surface area contributed by atoms with Crippen LogP contribution >= 0.6 is 0 Å². The molecular weight excluding hydrogens is 408 g/mol. The number of benzene rings is 2. The third-order valence-electron chi connectivity index (χ3n) is 5.75. The molecule has 0 heterocycles. The summed E-state index contributed by atoms with van der Waals surface area (Å²) in [4.78, 5) is 35.6. The second-order valence-electron chi connectivity index (χ2n) is 8.59. The van der Waals surface area contributed by atoms with Crippen LogP contribution in [0.25, 0.3) is 11.1 Å². The zero-order chi connectivity index (χ0) is 23.3. The Kier molecular flexibility index (Phi) is 7.51. The molecule has 1 aliphatic carbocycles. The summed E-state index contributed by atoms with van der Waals surface area (Å²) < 4.78 is 5.58. The summed E-state index contributed by atoms with van der Waals surface area (Å²) in [7, 11) is 0. The standard InChI is InChI=1S/C25H30N2O5/c1-15(2)22(13-23(28)26-16(3)12-24(29)30)27-25(31)32-14-21-19-10-6-4-8-17(19)18-9-5-7-11-20(18)21/h4-11,15-16,21-22H,12-14H2,1-3H3,(H,26,28)(H,27,31)(H,29,30)/t16?,22-/m0/s1. The lowest BCUT2D eigenvalue weighted by Gasteiger charge is -2.23. The monoisotopic (exact) mass is 438 g/mol. The zero-order valence-corrected chi connectivity index (χ0v) is 18.6. The van der Waals surface area contributed by atoms with E-state index < -0.39 is 24.1 Å². The number of nitrogens with one attached hydrogen (secondary N) is 2. The van der Waals surface area contributed by atoms with Gasteiger partial charge in [0.05, 0.1) is 6.42 Å². The molecule has 2 aromatic carbocycles. The fourth-order valence-corrected chi connectivity index (χ4v) is 4.09. The van der Waals surface area contributed by atoms with Crippen molar-refractivity contribution in [3.05, 3.63) is 59.7 Å². The van der Waals surface area contributed by atoms with E-state index in [9.17, 15) is 14.4 Å². The van der Waals surface area contributed by atoms with E-state index in [0.29, 0.717) is 0 Å². The predicted octanol–water partition coefficient (Wildman–Crippen LogP) is 3.92. The van der Waals surface area contributed by atoms with E-state index in [-0.39, 0.29) is 37.2 Å². The summed E-state index contributed by atoms with van der Waals surface area (Å²) in [6, 6.07) is 15.3. The van der Waals surface area contributed by atoms with E-state index in [2.05, 4.69) is 34.9 Å². The normalized spacial score (nSPS) is 14.2. The maximum Gasteiger partial charge on any atom is 0.407 e. The van der Waals surface area contributed by atoms with E-state index >= 15 is 0 Å². The molecule has 1 aliphatic rings. The van der Waals surface area contributed by atoms with Gasteiger partial charge in [-0.3, -0.25) is 9.59 Å². The number of aliphatic carboxylic acids is 1. The van der Waals surface area contributed by atoms with Crippen LogP contribution in [0.1, 0.15) is 50.7 Å². The highest BCUT2D eigenvalue weighted by Crippen LogP contribution is 2.44. The molecule has 0 saturated carbocycles. The number of hydrogen-bond donors (Lipinski definition) is 3. The molecule has 0 radical (unpaired) electrons. The highest BCUT2D eigenvalue weighted by molar-refractivity contribution is 5.80. The second kappa shape index (κ2) is 10.3. The average Bonchev–Trinajstić information content (AvgIpc) is 3.05. The van der Waals surface area contributed by atoms with Crippen molar-refractivity contribution in [3.63, 3.8) is 0 Å². The van der Waals surface area contributed by atoms with Crippen LogP contribution in [0.2, 0.25) is 0 Å². The van der Waals surface area contributed by atoms with Crippen LogP contribution in [0.3, 0.4) is 0 Å². The molecule has 0 saturated heterocycles. The molecular formula is C25H30N2O5. The van der Waals surface area contributed by atoms with Gasteiger partial charge in [-0.05, 0) is 35.1 Å². The van der Waals surface area contributed by atoms with Gasteiger partial charge in [-0.25, -0.2) is 4.79 Å². The van der Waals surface area contributed by atoms with Gasteiger partial charge in [0.1, 0.15) is 6.61 Å². The molecule has 0 aliphatic heterocycles. The Morgan fingerprint density at radius 2 is 1.47 bits per heavy atom. The lowest BCUT2D eigenvalue weighted by atomic mass is 9.98. The maximum absolute atomic E-state index is 12.5. The molecule has 3 N–H and O–H groups in total. The first-order valence-electron chi connectivity index (χ1n) is 10.9. The number of ether oxygens (including phenoxy) is 1. The molecule has 0 bridgehead atoms. The van der Waals surface area contributed by atoms with Gasteiger partial charge in [0.15, 0.2) is 0 Å². The van der Waals surface area contributed by atoms with Gasteiger partial charge in [0.25, 0.3) is 0 Å². The van der Waals surface area contributed by atoms with Crippen molar-refractivity contribution in [2.75, 3.05) is 6.61 Å². The van der Waals surface area contributed by atoms with Gasteiger partial charge < -0.3 is 20.5 Å². The quantitative estimate of drug-likeness (QED) is 0.550. The fraction of sp³-hybridized carbons (Fsp3) is 0.400. The van der Waals surface area contributed by atoms with Gasteiger partial charge >= 0.3 is 12.1 Å². The molecule has 2 atom stereocenters. The molecule has 1 unspecified atom stereocenters. The molecule has 3 rings (SSSR count). The van der Waals surface area contributed by atoms with Crippen molar-refractivity contribution in [1.29, 1.82) is 0 Å². The number of carboxylic acids is 1. The smallest absolute Gasteiger partial charge is 0.407 e. The van der Waals surface area contributed by atoms with Gasteiger partial charge in [0.2, 0.25) is 5.91 Å². The number of carbonyl (C=O) groups excluding carboxylic acids is 2. The van der Waals surface area contributed by atoms with Crippen molar-refractivity contribution in [2.24, 2.45) is 5.92 Å². The molecule has 0 spiro atoms. The summed E-state index contributed by atoms with van der Waals surface area (Å²) in [5, 5.41) is 14.3. The number of alkyl carbamates (subject to hydrolysis) is 1. The number of carboxylic acid groups (broad SMARTS) is 1. The molecule has 7 heteroatoms. The van der Waals surface area contributed by atoms with E-state index in [1.165, 1.54) is 0 Å². The second-order valence-corrected chi connectivity index (χ2v) is 8.59. The molecule has 0 fully saturated rings. The first kappa shape index (κ1) is 23.3. The van der Waals surface area contributed by atoms with Gasteiger partial charge in [-0.1, -0.05) is 62.4 Å². The SMILES string of the molecule is CC(CC(=O)O)NC(=O)C[C@H](NC(=O)OCC1c2ccccc2-c2ccccc21)C(C)C. The lowest BCUT2D eigenvalue weighted by Crippen LogP contribution is -2.44. The Morgan fingerprint density at radius 3 is 2.00 bits per heavy atom. The Morgan fingerprint density at radius 1 is 0.906 bits per heavy atom. The number of hydrogen-bond acceptors (Lipinski definition) is 4. The van der Waals surface area contributed by atoms with Crippen molar-refractivity contribution < 1.29 is 24.2 Å². The van der Waals surface area contributed by atoms with E-state index in [4.69, 9.17) is 9.84 Å². The number of amides is 2. The predicted molar refractivity (Wildman–Crippen MR) is 121 cm³/mol. The van der Waals surface area contributed by atoms with Crippen LogP contribution < -0.4 is 10.6 Å². The van der Waals surface area contributed by atoms with Crippen LogP contribution in [-0.2, 0) is 14.3 Å². The third-order valence-corrected chi connectivity index (χ3v) is 5.75. The minimum atomic E-state index is -0.977. The topological polar surface area (TPSA) is 105 Å². The minimum Gasteiger partial charge on any atom is -0.481 e. The van der Waals surface area contributed by atoms with Gasteiger partial charge in [-0.2, -0.15) is 0 Å². The maximum atomic E-state index is 12.5. The van der Waals surface area contributed by atoms with Crippen LogP contribution in [0.5, 0.6) is 0 Å². The molecule has 170 valence electrons. The van der Waals surface area contributed by atoms with Crippen LogP contribution in [0, 0.1) is 5.92 Å². The molecule has 7 nitrogen and oxygen atoms in total. The first-order valence-corrected chi connectivity index (χ1v) is 10.9. The summed E-state index contributed by atoms with van der Waals surface area (Å²) >= 11 is 0. The van der Waals surface area contributed by atoms with E-state index in [1.807, 2.05) is 38.1 Å². The lowest BCUT2D eigenvalue weighted by molar-refractivity contribution is -0.137.